The lowest BCUT2D eigenvalue weighted by Crippen LogP contribution is -2.51. The molecule has 0 heterocycles. The number of ether oxygens (including phenoxy) is 1. The summed E-state index contributed by atoms with van der Waals surface area (Å²) in [5, 5.41) is 11.1. The van der Waals surface area contributed by atoms with E-state index in [1.54, 1.807) is 6.08 Å². The van der Waals surface area contributed by atoms with E-state index in [4.69, 9.17) is 4.74 Å². The van der Waals surface area contributed by atoms with E-state index in [0.29, 0.717) is 12.8 Å². The summed E-state index contributed by atoms with van der Waals surface area (Å²) >= 11 is 0. The van der Waals surface area contributed by atoms with Crippen LogP contribution in [-0.2, 0) is 9.53 Å². The van der Waals surface area contributed by atoms with E-state index in [1.807, 2.05) is 30.3 Å². The van der Waals surface area contributed by atoms with Crippen molar-refractivity contribution in [2.75, 3.05) is 0 Å². The van der Waals surface area contributed by atoms with Gasteiger partial charge in [0, 0.05) is 12.8 Å². The van der Waals surface area contributed by atoms with Crippen molar-refractivity contribution >= 4 is 5.97 Å². The molecular weight excluding hydrogens is 252 g/mol. The topological polar surface area (TPSA) is 46.5 Å². The summed E-state index contributed by atoms with van der Waals surface area (Å²) in [5.41, 5.74) is -0.0587. The van der Waals surface area contributed by atoms with Crippen LogP contribution < -0.4 is 0 Å². The molecule has 0 radical (unpaired) electrons. The third-order valence-corrected chi connectivity index (χ3v) is 4.09. The first-order chi connectivity index (χ1) is 9.58. The average molecular weight is 274 g/mol. The van der Waals surface area contributed by atoms with Crippen molar-refractivity contribution in [3.05, 3.63) is 48.6 Å². The van der Waals surface area contributed by atoms with E-state index in [1.165, 1.54) is 6.92 Å². The predicted molar refractivity (Wildman–Crippen MR) is 78.4 cm³/mol. The SMILES string of the molecule is C=C[C@@H](c1ccccc1)[C@]1(O)CCCC[C@H]1OC(C)=O. The number of carbonyl (C=O) groups is 1. The van der Waals surface area contributed by atoms with Crippen LogP contribution in [0.2, 0.25) is 0 Å². The fourth-order valence-corrected chi connectivity index (χ4v) is 3.16. The van der Waals surface area contributed by atoms with Crippen LogP contribution in [0.25, 0.3) is 0 Å². The molecular formula is C17H22O3. The first kappa shape index (κ1) is 14.8. The third kappa shape index (κ3) is 2.93. The van der Waals surface area contributed by atoms with E-state index in [0.717, 1.165) is 18.4 Å². The number of hydrogen-bond acceptors (Lipinski definition) is 3. The molecule has 0 amide bonds. The second kappa shape index (κ2) is 6.23. The highest BCUT2D eigenvalue weighted by molar-refractivity contribution is 5.66. The lowest BCUT2D eigenvalue weighted by atomic mass is 9.71. The standard InChI is InChI=1S/C17H22O3/c1-3-15(14-9-5-4-6-10-14)17(19)12-8-7-11-16(17)20-13(2)18/h3-6,9-10,15-16,19H,1,7-8,11-12H2,2H3/t15-,16+,17+/m0/s1. The molecule has 20 heavy (non-hydrogen) atoms. The highest BCUT2D eigenvalue weighted by Crippen LogP contribution is 2.42. The molecule has 0 aliphatic heterocycles. The van der Waals surface area contributed by atoms with E-state index >= 15 is 0 Å². The lowest BCUT2D eigenvalue weighted by Gasteiger charge is -2.43. The van der Waals surface area contributed by atoms with Crippen LogP contribution in [0.3, 0.4) is 0 Å². The molecule has 2 rings (SSSR count). The van der Waals surface area contributed by atoms with Crippen molar-refractivity contribution in [2.45, 2.75) is 50.2 Å². The number of aliphatic hydroxyl groups is 1. The van der Waals surface area contributed by atoms with E-state index in [9.17, 15) is 9.90 Å². The Morgan fingerprint density at radius 3 is 2.75 bits per heavy atom. The molecule has 3 atom stereocenters. The highest BCUT2D eigenvalue weighted by Gasteiger charge is 2.46. The Balaban J connectivity index is 2.32. The molecule has 0 unspecified atom stereocenters. The van der Waals surface area contributed by atoms with Crippen LogP contribution in [0.1, 0.15) is 44.1 Å². The third-order valence-electron chi connectivity index (χ3n) is 4.09. The van der Waals surface area contributed by atoms with Gasteiger partial charge in [0.15, 0.2) is 0 Å². The monoisotopic (exact) mass is 274 g/mol. The molecule has 1 aromatic rings. The molecule has 1 N–H and O–H groups in total. The Bertz CT molecular complexity index is 468. The van der Waals surface area contributed by atoms with Gasteiger partial charge < -0.3 is 9.84 Å². The zero-order valence-electron chi connectivity index (χ0n) is 11.9. The van der Waals surface area contributed by atoms with E-state index in [2.05, 4.69) is 6.58 Å². The number of rotatable bonds is 4. The van der Waals surface area contributed by atoms with Crippen LogP contribution >= 0.6 is 0 Å². The fraction of sp³-hybridized carbons (Fsp3) is 0.471. The zero-order chi connectivity index (χ0) is 14.6. The second-order valence-electron chi connectivity index (χ2n) is 5.46. The van der Waals surface area contributed by atoms with Gasteiger partial charge in [0.1, 0.15) is 11.7 Å². The summed E-state index contributed by atoms with van der Waals surface area (Å²) < 4.78 is 5.37. The van der Waals surface area contributed by atoms with Gasteiger partial charge in [-0.15, -0.1) is 6.58 Å². The molecule has 3 nitrogen and oxygen atoms in total. The summed E-state index contributed by atoms with van der Waals surface area (Å²) in [5.74, 6) is -0.570. The largest absolute Gasteiger partial charge is 0.459 e. The Morgan fingerprint density at radius 1 is 1.45 bits per heavy atom. The van der Waals surface area contributed by atoms with Crippen molar-refractivity contribution in [1.29, 1.82) is 0 Å². The highest BCUT2D eigenvalue weighted by atomic mass is 16.6. The molecule has 0 spiro atoms. The van der Waals surface area contributed by atoms with Crippen molar-refractivity contribution in [2.24, 2.45) is 0 Å². The van der Waals surface area contributed by atoms with Gasteiger partial charge in [-0.1, -0.05) is 42.8 Å². The molecule has 108 valence electrons. The quantitative estimate of drug-likeness (QED) is 0.677. The van der Waals surface area contributed by atoms with Crippen LogP contribution in [0.15, 0.2) is 43.0 Å². The van der Waals surface area contributed by atoms with Gasteiger partial charge in [-0.05, 0) is 24.8 Å². The predicted octanol–water partition coefficient (Wildman–Crippen LogP) is 3.19. The minimum Gasteiger partial charge on any atom is -0.459 e. The molecule has 3 heteroatoms. The maximum atomic E-state index is 11.3. The molecule has 1 aliphatic rings. The van der Waals surface area contributed by atoms with Gasteiger partial charge in [-0.2, -0.15) is 0 Å². The Hall–Kier alpha value is -1.61. The van der Waals surface area contributed by atoms with Crippen molar-refractivity contribution in [3.63, 3.8) is 0 Å². The first-order valence-corrected chi connectivity index (χ1v) is 7.15. The number of hydrogen-bond donors (Lipinski definition) is 1. The molecule has 1 aromatic carbocycles. The maximum Gasteiger partial charge on any atom is 0.303 e. The molecule has 1 fully saturated rings. The van der Waals surface area contributed by atoms with Gasteiger partial charge in [0.2, 0.25) is 0 Å². The molecule has 1 aliphatic carbocycles. The minimum atomic E-state index is -1.06. The van der Waals surface area contributed by atoms with Crippen LogP contribution in [0.4, 0.5) is 0 Å². The van der Waals surface area contributed by atoms with Crippen LogP contribution in [0.5, 0.6) is 0 Å². The normalized spacial score (nSPS) is 27.6. The van der Waals surface area contributed by atoms with Gasteiger partial charge in [-0.25, -0.2) is 0 Å². The number of esters is 1. The van der Waals surface area contributed by atoms with Crippen LogP contribution in [-0.4, -0.2) is 22.8 Å². The Kier molecular flexibility index (Phi) is 4.61. The summed E-state index contributed by atoms with van der Waals surface area (Å²) in [6.07, 6.45) is 4.53. The van der Waals surface area contributed by atoms with Crippen molar-refractivity contribution < 1.29 is 14.6 Å². The smallest absolute Gasteiger partial charge is 0.303 e. The number of carbonyl (C=O) groups excluding carboxylic acids is 1. The van der Waals surface area contributed by atoms with Gasteiger partial charge in [-0.3, -0.25) is 4.79 Å². The molecule has 1 saturated carbocycles. The number of benzene rings is 1. The summed E-state index contributed by atoms with van der Waals surface area (Å²) in [6.45, 7) is 5.26. The maximum absolute atomic E-state index is 11.3. The average Bonchev–Trinajstić information content (AvgIpc) is 2.43. The summed E-state index contributed by atoms with van der Waals surface area (Å²) in [7, 11) is 0. The van der Waals surface area contributed by atoms with Crippen LogP contribution in [0, 0.1) is 0 Å². The van der Waals surface area contributed by atoms with Gasteiger partial charge in [0.25, 0.3) is 0 Å². The van der Waals surface area contributed by atoms with E-state index < -0.39 is 11.7 Å². The fourth-order valence-electron chi connectivity index (χ4n) is 3.16. The van der Waals surface area contributed by atoms with Crippen molar-refractivity contribution in [1.82, 2.24) is 0 Å². The second-order valence-corrected chi connectivity index (χ2v) is 5.46. The Morgan fingerprint density at radius 2 is 2.15 bits per heavy atom. The molecule has 0 saturated heterocycles. The van der Waals surface area contributed by atoms with E-state index in [-0.39, 0.29) is 11.9 Å². The molecule has 0 aromatic heterocycles. The molecule has 0 bridgehead atoms. The zero-order valence-corrected chi connectivity index (χ0v) is 11.9. The van der Waals surface area contributed by atoms with Gasteiger partial charge in [0.05, 0.1) is 0 Å². The first-order valence-electron chi connectivity index (χ1n) is 7.15. The van der Waals surface area contributed by atoms with Crippen molar-refractivity contribution in [3.8, 4) is 0 Å². The summed E-state index contributed by atoms with van der Waals surface area (Å²) in [4.78, 5) is 11.3. The Labute approximate surface area is 120 Å². The summed E-state index contributed by atoms with van der Waals surface area (Å²) in [6, 6.07) is 9.78. The lowest BCUT2D eigenvalue weighted by molar-refractivity contribution is -0.171. The minimum absolute atomic E-state index is 0.228. The van der Waals surface area contributed by atoms with Gasteiger partial charge >= 0.3 is 5.97 Å².